The molecule has 0 aliphatic carbocycles. The van der Waals surface area contributed by atoms with Gasteiger partial charge in [-0.2, -0.15) is 23.4 Å². The lowest BCUT2D eigenvalue weighted by Gasteiger charge is -2.10. The molecule has 0 aliphatic heterocycles. The zero-order chi connectivity index (χ0) is 23.5. The van der Waals surface area contributed by atoms with Gasteiger partial charge in [-0.1, -0.05) is 6.07 Å². The predicted molar refractivity (Wildman–Crippen MR) is 105 cm³/mol. The molecular formula is C19H19F3N6O4. The summed E-state index contributed by atoms with van der Waals surface area (Å²) < 4.78 is 46.3. The molecule has 0 radical (unpaired) electrons. The number of carbonyl (C=O) groups is 1. The largest absolute Gasteiger partial charge is 0.471 e. The first-order valence-corrected chi connectivity index (χ1v) is 9.36. The summed E-state index contributed by atoms with van der Waals surface area (Å²) in [5.74, 6) is -0.473. The summed E-state index contributed by atoms with van der Waals surface area (Å²) in [7, 11) is 0. The summed E-state index contributed by atoms with van der Waals surface area (Å²) in [5.41, 5.74) is -0.132. The number of rotatable bonds is 8. The Kier molecular flexibility index (Phi) is 6.46. The molecule has 0 spiro atoms. The summed E-state index contributed by atoms with van der Waals surface area (Å²) >= 11 is 0. The zero-order valence-corrected chi connectivity index (χ0v) is 17.1. The van der Waals surface area contributed by atoms with Crippen LogP contribution in [0.15, 0.2) is 36.5 Å². The minimum Gasteiger partial charge on any atom is -0.471 e. The Labute approximate surface area is 179 Å². The van der Waals surface area contributed by atoms with Crippen LogP contribution in [0.2, 0.25) is 0 Å². The zero-order valence-electron chi connectivity index (χ0n) is 17.1. The van der Waals surface area contributed by atoms with Gasteiger partial charge in [0.1, 0.15) is 22.8 Å². The van der Waals surface area contributed by atoms with Crippen LogP contribution < -0.4 is 10.1 Å². The molecular weight excluding hydrogens is 433 g/mol. The van der Waals surface area contributed by atoms with E-state index in [0.717, 1.165) is 12.1 Å². The van der Waals surface area contributed by atoms with Gasteiger partial charge in [0.05, 0.1) is 17.0 Å². The molecule has 0 saturated carbocycles. The highest BCUT2D eigenvalue weighted by Crippen LogP contribution is 2.31. The number of nitro groups is 1. The van der Waals surface area contributed by atoms with Crippen LogP contribution in [0.1, 0.15) is 27.4 Å². The van der Waals surface area contributed by atoms with E-state index in [1.807, 2.05) is 0 Å². The lowest BCUT2D eigenvalue weighted by Crippen LogP contribution is -2.28. The molecule has 0 atom stereocenters. The molecule has 0 aliphatic rings. The van der Waals surface area contributed by atoms with Gasteiger partial charge in [0.25, 0.3) is 5.91 Å². The van der Waals surface area contributed by atoms with Gasteiger partial charge in [0.15, 0.2) is 6.73 Å². The number of halogens is 3. The van der Waals surface area contributed by atoms with Gasteiger partial charge < -0.3 is 10.1 Å². The Hall–Kier alpha value is -3.90. The highest BCUT2D eigenvalue weighted by Gasteiger charge is 2.30. The molecule has 1 aromatic carbocycles. The first-order valence-electron chi connectivity index (χ1n) is 9.36. The molecule has 0 bridgehead atoms. The quantitative estimate of drug-likeness (QED) is 0.415. The Bertz CT molecular complexity index is 1140. The van der Waals surface area contributed by atoms with E-state index in [2.05, 4.69) is 15.5 Å². The fraction of sp³-hybridized carbons (Fsp3) is 0.316. The van der Waals surface area contributed by atoms with E-state index in [-0.39, 0.29) is 37.0 Å². The number of benzene rings is 1. The van der Waals surface area contributed by atoms with E-state index in [0.29, 0.717) is 11.4 Å². The number of amides is 1. The standard InChI is InChI=1S/C19H19F3N6O4/c1-12-17(28(30)31)13(2)27(24-12)9-7-23-18(29)16-6-8-26(25-16)11-32-15-5-3-4-14(10-15)19(20,21)22/h3-6,8,10H,7,9,11H2,1-2H3,(H,23,29). The van der Waals surface area contributed by atoms with Crippen LogP contribution in [0.5, 0.6) is 5.75 Å². The van der Waals surface area contributed by atoms with Gasteiger partial charge in [0, 0.05) is 12.7 Å². The molecule has 10 nitrogen and oxygen atoms in total. The van der Waals surface area contributed by atoms with Gasteiger partial charge >= 0.3 is 11.9 Å². The Morgan fingerprint density at radius 3 is 2.66 bits per heavy atom. The molecule has 2 heterocycles. The summed E-state index contributed by atoms with van der Waals surface area (Å²) in [6.45, 7) is 3.31. The van der Waals surface area contributed by atoms with Gasteiger partial charge in [-0.3, -0.25) is 19.6 Å². The van der Waals surface area contributed by atoms with Crippen LogP contribution in [0.25, 0.3) is 0 Å². The second-order valence-corrected chi connectivity index (χ2v) is 6.80. The Morgan fingerprint density at radius 2 is 2.00 bits per heavy atom. The molecule has 0 fully saturated rings. The highest BCUT2D eigenvalue weighted by atomic mass is 19.4. The number of hydrogen-bond acceptors (Lipinski definition) is 6. The number of carbonyl (C=O) groups excluding carboxylic acids is 1. The van der Waals surface area contributed by atoms with Crippen molar-refractivity contribution in [1.29, 1.82) is 0 Å². The van der Waals surface area contributed by atoms with Crippen molar-refractivity contribution in [2.75, 3.05) is 6.54 Å². The van der Waals surface area contributed by atoms with Gasteiger partial charge in [-0.15, -0.1) is 0 Å². The van der Waals surface area contributed by atoms with Crippen LogP contribution in [0, 0.1) is 24.0 Å². The Balaban J connectivity index is 1.53. The predicted octanol–water partition coefficient (Wildman–Crippen LogP) is 3.09. The summed E-state index contributed by atoms with van der Waals surface area (Å²) in [6, 6.07) is 5.86. The third kappa shape index (κ3) is 5.22. The van der Waals surface area contributed by atoms with Crippen LogP contribution in [0.4, 0.5) is 18.9 Å². The number of nitrogens with zero attached hydrogens (tertiary/aromatic N) is 5. The first-order chi connectivity index (χ1) is 15.1. The molecule has 3 rings (SSSR count). The molecule has 1 N–H and O–H groups in total. The van der Waals surface area contributed by atoms with Crippen molar-refractivity contribution in [2.45, 2.75) is 33.3 Å². The van der Waals surface area contributed by atoms with Crippen LogP contribution in [0.3, 0.4) is 0 Å². The maximum atomic E-state index is 12.8. The summed E-state index contributed by atoms with van der Waals surface area (Å²) in [6.07, 6.45) is -3.03. The SMILES string of the molecule is Cc1nn(CCNC(=O)c2ccn(COc3cccc(C(F)(F)F)c3)n2)c(C)c1[N+](=O)[O-]. The van der Waals surface area contributed by atoms with E-state index < -0.39 is 22.6 Å². The number of nitrogens with one attached hydrogen (secondary N) is 1. The van der Waals surface area contributed by atoms with Gasteiger partial charge in [-0.05, 0) is 38.1 Å². The third-order valence-electron chi connectivity index (χ3n) is 4.53. The van der Waals surface area contributed by atoms with Crippen molar-refractivity contribution in [3.05, 3.63) is 69.3 Å². The molecule has 13 heteroatoms. The molecule has 3 aromatic rings. The number of aryl methyl sites for hydroxylation is 1. The minimum atomic E-state index is -4.48. The van der Waals surface area contributed by atoms with Crippen molar-refractivity contribution < 1.29 is 27.6 Å². The first kappa shape index (κ1) is 22.8. The molecule has 1 amide bonds. The molecule has 0 saturated heterocycles. The average molecular weight is 452 g/mol. The van der Waals surface area contributed by atoms with Crippen LogP contribution in [-0.2, 0) is 19.5 Å². The van der Waals surface area contributed by atoms with Crippen molar-refractivity contribution in [3.63, 3.8) is 0 Å². The summed E-state index contributed by atoms with van der Waals surface area (Å²) in [5, 5.41) is 21.8. The molecule has 32 heavy (non-hydrogen) atoms. The topological polar surface area (TPSA) is 117 Å². The summed E-state index contributed by atoms with van der Waals surface area (Å²) in [4.78, 5) is 22.8. The fourth-order valence-electron chi connectivity index (χ4n) is 2.99. The highest BCUT2D eigenvalue weighted by molar-refractivity contribution is 5.92. The lowest BCUT2D eigenvalue weighted by atomic mass is 10.2. The van der Waals surface area contributed by atoms with E-state index in [1.54, 1.807) is 6.92 Å². The van der Waals surface area contributed by atoms with Crippen LogP contribution >= 0.6 is 0 Å². The van der Waals surface area contributed by atoms with Crippen LogP contribution in [-0.4, -0.2) is 36.9 Å². The second-order valence-electron chi connectivity index (χ2n) is 6.80. The maximum absolute atomic E-state index is 12.8. The number of alkyl halides is 3. The smallest absolute Gasteiger partial charge is 0.416 e. The second kappa shape index (κ2) is 9.08. The lowest BCUT2D eigenvalue weighted by molar-refractivity contribution is -0.386. The van der Waals surface area contributed by atoms with Gasteiger partial charge in [-0.25, -0.2) is 4.68 Å². The average Bonchev–Trinajstić information content (AvgIpc) is 3.30. The van der Waals surface area contributed by atoms with E-state index >= 15 is 0 Å². The van der Waals surface area contributed by atoms with Crippen molar-refractivity contribution >= 4 is 11.6 Å². The molecule has 170 valence electrons. The van der Waals surface area contributed by atoms with Gasteiger partial charge in [0.2, 0.25) is 0 Å². The maximum Gasteiger partial charge on any atom is 0.416 e. The monoisotopic (exact) mass is 452 g/mol. The molecule has 2 aromatic heterocycles. The van der Waals surface area contributed by atoms with Crippen molar-refractivity contribution in [3.8, 4) is 5.75 Å². The van der Waals surface area contributed by atoms with E-state index in [9.17, 15) is 28.1 Å². The number of ether oxygens (including phenoxy) is 1. The van der Waals surface area contributed by atoms with Crippen molar-refractivity contribution in [2.24, 2.45) is 0 Å². The minimum absolute atomic E-state index is 0.0142. The third-order valence-corrected chi connectivity index (χ3v) is 4.53. The normalized spacial score (nSPS) is 11.4. The Morgan fingerprint density at radius 1 is 1.25 bits per heavy atom. The number of hydrogen-bond donors (Lipinski definition) is 1. The molecule has 0 unspecified atom stereocenters. The fourth-order valence-corrected chi connectivity index (χ4v) is 2.99. The number of aromatic nitrogens is 4. The van der Waals surface area contributed by atoms with Crippen molar-refractivity contribution in [1.82, 2.24) is 24.9 Å². The van der Waals surface area contributed by atoms with E-state index in [4.69, 9.17) is 4.74 Å². The van der Waals surface area contributed by atoms with E-state index in [1.165, 1.54) is 40.7 Å².